The average Bonchev–Trinajstić information content (AvgIpc) is 2.20. The maximum Gasteiger partial charge on any atom is 0.119 e. The van der Waals surface area contributed by atoms with Crippen LogP contribution in [0.1, 0.15) is 6.42 Å². The van der Waals surface area contributed by atoms with Crippen LogP contribution in [0.4, 0.5) is 4.39 Å². The van der Waals surface area contributed by atoms with Crippen LogP contribution in [0.5, 0.6) is 0 Å². The van der Waals surface area contributed by atoms with Gasteiger partial charge in [0.2, 0.25) is 0 Å². The fourth-order valence-electron chi connectivity index (χ4n) is 0.822. The van der Waals surface area contributed by atoms with E-state index in [0.29, 0.717) is 19.0 Å². The molecule has 0 unspecified atom stereocenters. The maximum atomic E-state index is 11.8. The van der Waals surface area contributed by atoms with Crippen LogP contribution in [0.15, 0.2) is 36.6 Å². The van der Waals surface area contributed by atoms with Crippen molar-refractivity contribution in [2.75, 3.05) is 27.0 Å². The number of ether oxygens (including phenoxy) is 2. The van der Waals surface area contributed by atoms with Crippen LogP contribution in [0.3, 0.4) is 0 Å². The molecule has 2 nitrogen and oxygen atoms in total. The Bertz CT molecular complexity index is 197. The van der Waals surface area contributed by atoms with Gasteiger partial charge in [0.15, 0.2) is 0 Å². The summed E-state index contributed by atoms with van der Waals surface area (Å²) in [5, 5.41) is 0. The van der Waals surface area contributed by atoms with Gasteiger partial charge in [-0.25, -0.2) is 4.39 Å². The average molecular weight is 200 g/mol. The lowest BCUT2D eigenvalue weighted by molar-refractivity contribution is 0.149. The number of allylic oxidation sites excluding steroid dienone is 4. The maximum absolute atomic E-state index is 11.8. The summed E-state index contributed by atoms with van der Waals surface area (Å²) in [7, 11) is 1.64. The smallest absolute Gasteiger partial charge is 0.119 e. The summed E-state index contributed by atoms with van der Waals surface area (Å²) in [6.07, 6.45) is 7.10. The molecule has 0 amide bonds. The van der Waals surface area contributed by atoms with E-state index < -0.39 is 6.67 Å². The van der Waals surface area contributed by atoms with Gasteiger partial charge in [-0.2, -0.15) is 0 Å². The van der Waals surface area contributed by atoms with Crippen LogP contribution < -0.4 is 0 Å². The second-order valence-electron chi connectivity index (χ2n) is 2.56. The zero-order valence-electron chi connectivity index (χ0n) is 8.54. The Morgan fingerprint density at radius 2 is 2.21 bits per heavy atom. The van der Waals surface area contributed by atoms with Gasteiger partial charge in [0, 0.05) is 20.1 Å². The van der Waals surface area contributed by atoms with Gasteiger partial charge >= 0.3 is 0 Å². The van der Waals surface area contributed by atoms with E-state index in [4.69, 9.17) is 9.47 Å². The number of hydrogen-bond acceptors (Lipinski definition) is 2. The largest absolute Gasteiger partial charge is 0.494 e. The molecule has 0 heterocycles. The first-order valence-electron chi connectivity index (χ1n) is 4.52. The molecule has 3 heteroatoms. The van der Waals surface area contributed by atoms with E-state index in [1.165, 1.54) is 6.08 Å². The van der Waals surface area contributed by atoms with Crippen LogP contribution in [-0.2, 0) is 9.47 Å². The number of alkyl halides is 1. The van der Waals surface area contributed by atoms with E-state index in [0.717, 1.165) is 6.42 Å². The van der Waals surface area contributed by atoms with Crippen LogP contribution in [0, 0.1) is 0 Å². The number of rotatable bonds is 8. The first kappa shape index (κ1) is 12.9. The lowest BCUT2D eigenvalue weighted by Gasteiger charge is -2.05. The van der Waals surface area contributed by atoms with Gasteiger partial charge in [0.05, 0.1) is 6.61 Å². The van der Waals surface area contributed by atoms with Crippen LogP contribution in [0.2, 0.25) is 0 Å². The lowest BCUT2D eigenvalue weighted by atomic mass is 10.4. The third kappa shape index (κ3) is 7.55. The highest BCUT2D eigenvalue weighted by Gasteiger charge is 1.91. The van der Waals surface area contributed by atoms with Crippen molar-refractivity contribution in [3.05, 3.63) is 36.6 Å². The Kier molecular flexibility index (Phi) is 9.22. The molecular formula is C11H17FO2. The highest BCUT2D eigenvalue weighted by molar-refractivity contribution is 5.17. The highest BCUT2D eigenvalue weighted by Crippen LogP contribution is 2.01. The minimum atomic E-state index is -0.490. The molecular weight excluding hydrogens is 183 g/mol. The van der Waals surface area contributed by atoms with Gasteiger partial charge in [-0.1, -0.05) is 18.7 Å². The molecule has 0 atom stereocenters. The fourth-order valence-corrected chi connectivity index (χ4v) is 0.822. The van der Waals surface area contributed by atoms with Crippen molar-refractivity contribution < 1.29 is 13.9 Å². The predicted molar refractivity (Wildman–Crippen MR) is 55.8 cm³/mol. The van der Waals surface area contributed by atoms with Crippen molar-refractivity contribution in [2.45, 2.75) is 6.42 Å². The molecule has 0 aromatic carbocycles. The monoisotopic (exact) mass is 200 g/mol. The van der Waals surface area contributed by atoms with Crippen LogP contribution in [-0.4, -0.2) is 27.0 Å². The molecule has 14 heavy (non-hydrogen) atoms. The summed E-state index contributed by atoms with van der Waals surface area (Å²) in [6.45, 7) is 4.27. The molecule has 0 aliphatic carbocycles. The van der Waals surface area contributed by atoms with Gasteiger partial charge < -0.3 is 9.47 Å². The minimum absolute atomic E-state index is 0.490. The van der Waals surface area contributed by atoms with E-state index in [1.54, 1.807) is 25.3 Å². The number of hydrogen-bond donors (Lipinski definition) is 0. The molecule has 0 fully saturated rings. The summed E-state index contributed by atoms with van der Waals surface area (Å²) < 4.78 is 22.0. The summed E-state index contributed by atoms with van der Waals surface area (Å²) in [6, 6.07) is 0. The molecule has 0 radical (unpaired) electrons. The molecule has 0 saturated carbocycles. The second kappa shape index (κ2) is 9.99. The van der Waals surface area contributed by atoms with E-state index in [1.807, 2.05) is 0 Å². The highest BCUT2D eigenvalue weighted by atomic mass is 19.1. The van der Waals surface area contributed by atoms with Crippen molar-refractivity contribution >= 4 is 0 Å². The van der Waals surface area contributed by atoms with E-state index in [-0.39, 0.29) is 0 Å². The summed E-state index contributed by atoms with van der Waals surface area (Å²) in [5.74, 6) is 0.619. The molecule has 0 N–H and O–H groups in total. The Balaban J connectivity index is 3.80. The van der Waals surface area contributed by atoms with Crippen molar-refractivity contribution in [3.8, 4) is 0 Å². The topological polar surface area (TPSA) is 18.5 Å². The zero-order valence-corrected chi connectivity index (χ0v) is 8.54. The molecule has 0 bridgehead atoms. The van der Waals surface area contributed by atoms with E-state index in [9.17, 15) is 4.39 Å². The third-order valence-corrected chi connectivity index (χ3v) is 1.41. The van der Waals surface area contributed by atoms with Gasteiger partial charge in [-0.3, -0.25) is 0 Å². The molecule has 0 rings (SSSR count). The third-order valence-electron chi connectivity index (χ3n) is 1.41. The van der Waals surface area contributed by atoms with Gasteiger partial charge in [0.1, 0.15) is 12.4 Å². The quantitative estimate of drug-likeness (QED) is 0.340. The Morgan fingerprint density at radius 3 is 2.79 bits per heavy atom. The van der Waals surface area contributed by atoms with Crippen molar-refractivity contribution in [3.63, 3.8) is 0 Å². The van der Waals surface area contributed by atoms with Gasteiger partial charge in [-0.15, -0.1) is 0 Å². The fraction of sp³-hybridized carbons (Fsp3) is 0.455. The molecule has 0 aromatic rings. The van der Waals surface area contributed by atoms with Crippen LogP contribution in [0.25, 0.3) is 0 Å². The lowest BCUT2D eigenvalue weighted by Crippen LogP contribution is -1.97. The zero-order chi connectivity index (χ0) is 10.6. The Morgan fingerprint density at radius 1 is 1.43 bits per heavy atom. The standard InChI is InChI=1S/C11H17FO2/c1-3-6-11(7-4-8-12)14-10-5-9-13-2/h3-4,6-7H,1,5,8-10H2,2H3/b7-4-,11-6+. The van der Waals surface area contributed by atoms with Gasteiger partial charge in [0.25, 0.3) is 0 Å². The molecule has 0 aliphatic heterocycles. The van der Waals surface area contributed by atoms with E-state index in [2.05, 4.69) is 6.58 Å². The SMILES string of the molecule is C=C/C=C(\C=C/CF)OCCCOC. The molecule has 0 saturated heterocycles. The minimum Gasteiger partial charge on any atom is -0.494 e. The Hall–Kier alpha value is -1.09. The molecule has 80 valence electrons. The summed E-state index contributed by atoms with van der Waals surface area (Å²) >= 11 is 0. The predicted octanol–water partition coefficient (Wildman–Crippen LogP) is 2.64. The summed E-state index contributed by atoms with van der Waals surface area (Å²) in [5.41, 5.74) is 0. The second-order valence-corrected chi connectivity index (χ2v) is 2.56. The number of halogens is 1. The normalized spacial score (nSPS) is 12.0. The van der Waals surface area contributed by atoms with E-state index >= 15 is 0 Å². The first-order chi connectivity index (χ1) is 6.85. The number of methoxy groups -OCH3 is 1. The van der Waals surface area contributed by atoms with Crippen molar-refractivity contribution in [1.29, 1.82) is 0 Å². The molecule has 0 aliphatic rings. The van der Waals surface area contributed by atoms with Crippen molar-refractivity contribution in [1.82, 2.24) is 0 Å². The first-order valence-corrected chi connectivity index (χ1v) is 4.52. The Labute approximate surface area is 84.7 Å². The van der Waals surface area contributed by atoms with Crippen molar-refractivity contribution in [2.24, 2.45) is 0 Å². The van der Waals surface area contributed by atoms with Gasteiger partial charge in [-0.05, 0) is 12.2 Å². The molecule has 0 spiro atoms. The summed E-state index contributed by atoms with van der Waals surface area (Å²) in [4.78, 5) is 0. The van der Waals surface area contributed by atoms with Crippen LogP contribution >= 0.6 is 0 Å². The molecule has 0 aromatic heterocycles.